The van der Waals surface area contributed by atoms with Crippen LogP contribution >= 0.6 is 24.0 Å². The van der Waals surface area contributed by atoms with Crippen LogP contribution in [0.3, 0.4) is 0 Å². The molecular weight excluding hydrogens is 405 g/mol. The van der Waals surface area contributed by atoms with Crippen molar-refractivity contribution >= 4 is 29.9 Å². The Kier molecular flexibility index (Phi) is 14.2. The highest BCUT2D eigenvalue weighted by Gasteiger charge is 1.98. The van der Waals surface area contributed by atoms with Crippen LogP contribution in [0.4, 0.5) is 0 Å². The molecule has 6 heteroatoms. The van der Waals surface area contributed by atoms with Gasteiger partial charge in [0.1, 0.15) is 0 Å². The van der Waals surface area contributed by atoms with Crippen LogP contribution in [-0.4, -0.2) is 38.4 Å². The maximum Gasteiger partial charge on any atom is 0.188 e. The third-order valence-corrected chi connectivity index (χ3v) is 3.22. The largest absolute Gasteiger partial charge is 0.379 e. The zero-order valence-electron chi connectivity index (χ0n) is 14.2. The zero-order valence-corrected chi connectivity index (χ0v) is 16.5. The van der Waals surface area contributed by atoms with Gasteiger partial charge in [0.25, 0.3) is 0 Å². The normalized spacial score (nSPS) is 12.5. The van der Waals surface area contributed by atoms with E-state index in [0.717, 1.165) is 12.8 Å². The third kappa shape index (κ3) is 12.3. The number of ether oxygens (including phenoxy) is 2. The summed E-state index contributed by atoms with van der Waals surface area (Å²) in [6.07, 6.45) is 1.89. The first-order valence-electron chi connectivity index (χ1n) is 7.98. The van der Waals surface area contributed by atoms with Crippen molar-refractivity contribution in [3.05, 3.63) is 35.9 Å². The third-order valence-electron chi connectivity index (χ3n) is 3.22. The van der Waals surface area contributed by atoms with Gasteiger partial charge in [-0.15, -0.1) is 24.0 Å². The molecule has 132 valence electrons. The summed E-state index contributed by atoms with van der Waals surface area (Å²) in [6.45, 7) is 7.40. The highest BCUT2D eigenvalue weighted by molar-refractivity contribution is 14.0. The lowest BCUT2D eigenvalue weighted by atomic mass is 10.2. The van der Waals surface area contributed by atoms with Crippen LogP contribution < -0.4 is 11.1 Å². The molecular formula is C17H30IN3O2. The monoisotopic (exact) mass is 435 g/mol. The first kappa shape index (κ1) is 22.1. The average Bonchev–Trinajstić information content (AvgIpc) is 2.54. The summed E-state index contributed by atoms with van der Waals surface area (Å²) in [4.78, 5) is 4.26. The Morgan fingerprint density at radius 2 is 1.87 bits per heavy atom. The molecule has 0 heterocycles. The Morgan fingerprint density at radius 1 is 1.17 bits per heavy atom. The van der Waals surface area contributed by atoms with Crippen LogP contribution in [0.25, 0.3) is 0 Å². The van der Waals surface area contributed by atoms with Crippen LogP contribution in [0.15, 0.2) is 35.3 Å². The van der Waals surface area contributed by atoms with Crippen LogP contribution in [-0.2, 0) is 16.1 Å². The molecule has 0 aliphatic carbocycles. The van der Waals surface area contributed by atoms with Crippen molar-refractivity contribution in [2.24, 2.45) is 10.7 Å². The molecule has 1 unspecified atom stereocenters. The maximum absolute atomic E-state index is 5.76. The van der Waals surface area contributed by atoms with Gasteiger partial charge in [-0.05, 0) is 25.3 Å². The molecule has 0 aliphatic rings. The lowest BCUT2D eigenvalue weighted by Crippen LogP contribution is -2.38. The number of hydrogen-bond donors (Lipinski definition) is 2. The molecule has 0 saturated carbocycles. The first-order chi connectivity index (χ1) is 10.7. The molecule has 23 heavy (non-hydrogen) atoms. The molecule has 3 N–H and O–H groups in total. The molecule has 1 aromatic rings. The summed E-state index contributed by atoms with van der Waals surface area (Å²) < 4.78 is 11.0. The minimum absolute atomic E-state index is 0. The molecule has 0 aliphatic heterocycles. The summed E-state index contributed by atoms with van der Waals surface area (Å²) in [7, 11) is 0. The number of rotatable bonds is 11. The number of nitrogens with two attached hydrogens (primary N) is 1. The lowest BCUT2D eigenvalue weighted by Gasteiger charge is -2.11. The summed E-state index contributed by atoms with van der Waals surface area (Å²) in [5.74, 6) is 0.514. The van der Waals surface area contributed by atoms with Gasteiger partial charge in [-0.3, -0.25) is 4.99 Å². The van der Waals surface area contributed by atoms with Crippen molar-refractivity contribution in [3.63, 3.8) is 0 Å². The van der Waals surface area contributed by atoms with Gasteiger partial charge in [-0.1, -0.05) is 37.3 Å². The molecule has 0 saturated heterocycles. The van der Waals surface area contributed by atoms with E-state index in [0.29, 0.717) is 45.0 Å². The van der Waals surface area contributed by atoms with Crippen molar-refractivity contribution in [3.8, 4) is 0 Å². The highest BCUT2D eigenvalue weighted by Crippen LogP contribution is 2.00. The second-order valence-electron chi connectivity index (χ2n) is 5.22. The Hall–Kier alpha value is -0.860. The number of aliphatic imine (C=N–C) groups is 1. The SMILES string of the molecule is CCC(C)NC(N)=NCCCOCCOCc1ccccc1.I. The van der Waals surface area contributed by atoms with E-state index in [1.54, 1.807) is 0 Å². The standard InChI is InChI=1S/C17H29N3O2.HI/c1-3-15(2)20-17(18)19-10-7-11-21-12-13-22-14-16-8-5-4-6-9-16;/h4-6,8-9,15H,3,7,10-14H2,1-2H3,(H3,18,19,20);1H. The molecule has 0 amide bonds. The fourth-order valence-corrected chi connectivity index (χ4v) is 1.75. The van der Waals surface area contributed by atoms with E-state index in [1.165, 1.54) is 5.56 Å². The van der Waals surface area contributed by atoms with Gasteiger partial charge in [0.05, 0.1) is 19.8 Å². The molecule has 1 aromatic carbocycles. The second kappa shape index (κ2) is 14.7. The smallest absolute Gasteiger partial charge is 0.188 e. The molecule has 5 nitrogen and oxygen atoms in total. The number of nitrogens with one attached hydrogen (secondary N) is 1. The van der Waals surface area contributed by atoms with Gasteiger partial charge in [-0.25, -0.2) is 0 Å². The van der Waals surface area contributed by atoms with Crippen molar-refractivity contribution in [1.82, 2.24) is 5.32 Å². The fourth-order valence-electron chi connectivity index (χ4n) is 1.75. The first-order valence-corrected chi connectivity index (χ1v) is 7.98. The van der Waals surface area contributed by atoms with E-state index in [1.807, 2.05) is 18.2 Å². The number of guanidine groups is 1. The number of benzene rings is 1. The number of hydrogen-bond acceptors (Lipinski definition) is 3. The average molecular weight is 435 g/mol. The predicted molar refractivity (Wildman–Crippen MR) is 106 cm³/mol. The van der Waals surface area contributed by atoms with Crippen LogP contribution in [0.5, 0.6) is 0 Å². The van der Waals surface area contributed by atoms with Crippen molar-refractivity contribution in [2.45, 2.75) is 39.3 Å². The van der Waals surface area contributed by atoms with Crippen LogP contribution in [0.1, 0.15) is 32.3 Å². The molecule has 1 atom stereocenters. The van der Waals surface area contributed by atoms with Gasteiger partial charge in [-0.2, -0.15) is 0 Å². The van der Waals surface area contributed by atoms with Gasteiger partial charge < -0.3 is 20.5 Å². The Bertz CT molecular complexity index is 416. The molecule has 1 rings (SSSR count). The van der Waals surface area contributed by atoms with E-state index in [9.17, 15) is 0 Å². The minimum Gasteiger partial charge on any atom is -0.379 e. The minimum atomic E-state index is 0. The van der Waals surface area contributed by atoms with Crippen LogP contribution in [0, 0.1) is 0 Å². The van der Waals surface area contributed by atoms with Crippen molar-refractivity contribution in [1.29, 1.82) is 0 Å². The van der Waals surface area contributed by atoms with Gasteiger partial charge in [0, 0.05) is 19.2 Å². The Labute approximate surface area is 157 Å². The van der Waals surface area contributed by atoms with Crippen LogP contribution in [0.2, 0.25) is 0 Å². The van der Waals surface area contributed by atoms with E-state index < -0.39 is 0 Å². The van der Waals surface area contributed by atoms with Crippen molar-refractivity contribution < 1.29 is 9.47 Å². The van der Waals surface area contributed by atoms with Gasteiger partial charge >= 0.3 is 0 Å². The topological polar surface area (TPSA) is 68.9 Å². The lowest BCUT2D eigenvalue weighted by molar-refractivity contribution is 0.0403. The van der Waals surface area contributed by atoms with E-state index in [2.05, 4.69) is 36.3 Å². The van der Waals surface area contributed by atoms with E-state index >= 15 is 0 Å². The molecule has 0 fully saturated rings. The highest BCUT2D eigenvalue weighted by atomic mass is 127. The molecule has 0 bridgehead atoms. The summed E-state index contributed by atoms with van der Waals surface area (Å²) >= 11 is 0. The molecule has 0 spiro atoms. The molecule has 0 radical (unpaired) electrons. The Balaban J connectivity index is 0.00000484. The summed E-state index contributed by atoms with van der Waals surface area (Å²) in [5.41, 5.74) is 6.95. The Morgan fingerprint density at radius 3 is 2.57 bits per heavy atom. The van der Waals surface area contributed by atoms with E-state index in [-0.39, 0.29) is 24.0 Å². The quantitative estimate of drug-likeness (QED) is 0.243. The number of halogens is 1. The van der Waals surface area contributed by atoms with Gasteiger partial charge in [0.2, 0.25) is 0 Å². The maximum atomic E-state index is 5.76. The predicted octanol–water partition coefficient (Wildman–Crippen LogP) is 2.93. The second-order valence-corrected chi connectivity index (χ2v) is 5.22. The molecule has 0 aromatic heterocycles. The fraction of sp³-hybridized carbons (Fsp3) is 0.588. The summed E-state index contributed by atoms with van der Waals surface area (Å²) in [5, 5.41) is 3.13. The van der Waals surface area contributed by atoms with Gasteiger partial charge in [0.15, 0.2) is 5.96 Å². The van der Waals surface area contributed by atoms with E-state index in [4.69, 9.17) is 15.2 Å². The number of nitrogens with zero attached hydrogens (tertiary/aromatic N) is 1. The summed E-state index contributed by atoms with van der Waals surface area (Å²) in [6, 6.07) is 10.5. The van der Waals surface area contributed by atoms with Crippen molar-refractivity contribution in [2.75, 3.05) is 26.4 Å². The zero-order chi connectivity index (χ0) is 16.0.